The van der Waals surface area contributed by atoms with E-state index in [9.17, 15) is 0 Å². The Bertz CT molecular complexity index is 300. The van der Waals surface area contributed by atoms with Gasteiger partial charge in [0.15, 0.2) is 0 Å². The maximum Gasteiger partial charge on any atom is 0.0594 e. The van der Waals surface area contributed by atoms with Crippen LogP contribution in [0.1, 0.15) is 19.4 Å². The molecular weight excluding hydrogens is 202 g/mol. The van der Waals surface area contributed by atoms with E-state index in [4.69, 9.17) is 10.8 Å². The second-order valence-electron chi connectivity index (χ2n) is 4.69. The van der Waals surface area contributed by atoms with E-state index in [1.54, 1.807) is 12.4 Å². The number of aromatic nitrogens is 1. The molecule has 1 heterocycles. The Labute approximate surface area is 96.9 Å². The van der Waals surface area contributed by atoms with Crippen LogP contribution in [0, 0.1) is 0 Å². The first-order valence-electron chi connectivity index (χ1n) is 5.54. The second kappa shape index (κ2) is 5.94. The van der Waals surface area contributed by atoms with Crippen LogP contribution in [0.5, 0.6) is 0 Å². The minimum Gasteiger partial charge on any atom is -0.395 e. The number of hydrogen-bond acceptors (Lipinski definition) is 4. The molecule has 0 saturated heterocycles. The Morgan fingerprint density at radius 1 is 1.44 bits per heavy atom. The van der Waals surface area contributed by atoms with E-state index < -0.39 is 0 Å². The summed E-state index contributed by atoms with van der Waals surface area (Å²) < 4.78 is 0. The number of nitrogens with zero attached hydrogens (tertiary/aromatic N) is 1. The standard InChI is InChI=1S/C12H21N3O/c1-12(2,9-15-7-11(13)8-16)10-3-5-14-6-4-10/h3-6,11,15-16H,7-9,13H2,1-2H3. The quantitative estimate of drug-likeness (QED) is 0.647. The Morgan fingerprint density at radius 2 is 2.06 bits per heavy atom. The molecule has 0 saturated carbocycles. The fourth-order valence-corrected chi connectivity index (χ4v) is 1.54. The summed E-state index contributed by atoms with van der Waals surface area (Å²) in [6, 6.07) is 3.86. The van der Waals surface area contributed by atoms with Crippen LogP contribution < -0.4 is 11.1 Å². The van der Waals surface area contributed by atoms with Crippen molar-refractivity contribution in [2.75, 3.05) is 19.7 Å². The lowest BCUT2D eigenvalue weighted by Gasteiger charge is -2.26. The van der Waals surface area contributed by atoms with Crippen molar-refractivity contribution >= 4 is 0 Å². The van der Waals surface area contributed by atoms with Crippen molar-refractivity contribution in [1.82, 2.24) is 10.3 Å². The van der Waals surface area contributed by atoms with E-state index in [0.29, 0.717) is 6.54 Å². The Balaban J connectivity index is 2.46. The van der Waals surface area contributed by atoms with Crippen LogP contribution >= 0.6 is 0 Å². The third-order valence-corrected chi connectivity index (χ3v) is 2.67. The van der Waals surface area contributed by atoms with Gasteiger partial charge in [0.1, 0.15) is 0 Å². The first kappa shape index (κ1) is 13.1. The van der Waals surface area contributed by atoms with E-state index in [2.05, 4.69) is 24.1 Å². The van der Waals surface area contributed by atoms with Crippen molar-refractivity contribution in [1.29, 1.82) is 0 Å². The SMILES string of the molecule is CC(C)(CNCC(N)CO)c1ccncc1. The van der Waals surface area contributed by atoms with Gasteiger partial charge in [-0.25, -0.2) is 0 Å². The van der Waals surface area contributed by atoms with E-state index >= 15 is 0 Å². The summed E-state index contributed by atoms with van der Waals surface area (Å²) in [7, 11) is 0. The maximum atomic E-state index is 8.81. The number of aliphatic hydroxyl groups excluding tert-OH is 1. The molecule has 4 nitrogen and oxygen atoms in total. The highest BCUT2D eigenvalue weighted by molar-refractivity contribution is 5.20. The molecule has 4 N–H and O–H groups in total. The van der Waals surface area contributed by atoms with E-state index in [-0.39, 0.29) is 18.1 Å². The largest absolute Gasteiger partial charge is 0.395 e. The number of hydrogen-bond donors (Lipinski definition) is 3. The lowest BCUT2D eigenvalue weighted by Crippen LogP contribution is -2.41. The minimum absolute atomic E-state index is 0.0166. The molecule has 1 rings (SSSR count). The Hall–Kier alpha value is -0.970. The molecule has 0 radical (unpaired) electrons. The van der Waals surface area contributed by atoms with Crippen LogP contribution in [-0.2, 0) is 5.41 Å². The number of pyridine rings is 1. The zero-order valence-corrected chi connectivity index (χ0v) is 9.98. The average Bonchev–Trinajstić information content (AvgIpc) is 2.30. The molecule has 1 atom stereocenters. The predicted octanol–water partition coefficient (Wildman–Crippen LogP) is 0.268. The highest BCUT2D eigenvalue weighted by Gasteiger charge is 2.19. The summed E-state index contributed by atoms with van der Waals surface area (Å²) in [5.41, 5.74) is 6.90. The van der Waals surface area contributed by atoms with Gasteiger partial charge in [-0.3, -0.25) is 4.98 Å². The zero-order valence-electron chi connectivity index (χ0n) is 9.98. The van der Waals surface area contributed by atoms with Crippen molar-refractivity contribution in [2.24, 2.45) is 5.73 Å². The van der Waals surface area contributed by atoms with Gasteiger partial charge in [-0.15, -0.1) is 0 Å². The van der Waals surface area contributed by atoms with Gasteiger partial charge in [-0.2, -0.15) is 0 Å². The summed E-state index contributed by atoms with van der Waals surface area (Å²) >= 11 is 0. The second-order valence-corrected chi connectivity index (χ2v) is 4.69. The topological polar surface area (TPSA) is 71.2 Å². The number of nitrogens with two attached hydrogens (primary N) is 1. The van der Waals surface area contributed by atoms with Crippen molar-refractivity contribution in [3.8, 4) is 0 Å². The third-order valence-electron chi connectivity index (χ3n) is 2.67. The average molecular weight is 223 g/mol. The van der Waals surface area contributed by atoms with Crippen molar-refractivity contribution in [2.45, 2.75) is 25.3 Å². The number of nitrogens with one attached hydrogen (secondary N) is 1. The summed E-state index contributed by atoms with van der Waals surface area (Å²) in [4.78, 5) is 4.01. The van der Waals surface area contributed by atoms with Gasteiger partial charge in [-0.05, 0) is 17.7 Å². The van der Waals surface area contributed by atoms with Crippen LogP contribution in [0.4, 0.5) is 0 Å². The van der Waals surface area contributed by atoms with E-state index in [1.807, 2.05) is 12.1 Å². The fourth-order valence-electron chi connectivity index (χ4n) is 1.54. The van der Waals surface area contributed by atoms with Gasteiger partial charge in [0.25, 0.3) is 0 Å². The van der Waals surface area contributed by atoms with Crippen molar-refractivity contribution < 1.29 is 5.11 Å². The van der Waals surface area contributed by atoms with Gasteiger partial charge in [0.2, 0.25) is 0 Å². The van der Waals surface area contributed by atoms with E-state index in [0.717, 1.165) is 6.54 Å². The third kappa shape index (κ3) is 3.89. The van der Waals surface area contributed by atoms with E-state index in [1.165, 1.54) is 5.56 Å². The molecule has 0 spiro atoms. The molecule has 0 bridgehead atoms. The molecule has 0 aromatic carbocycles. The predicted molar refractivity (Wildman–Crippen MR) is 65.2 cm³/mol. The molecular formula is C12H21N3O. The normalized spacial score (nSPS) is 13.8. The van der Waals surface area contributed by atoms with Gasteiger partial charge >= 0.3 is 0 Å². The summed E-state index contributed by atoms with van der Waals surface area (Å²) in [6.07, 6.45) is 3.60. The molecule has 16 heavy (non-hydrogen) atoms. The molecule has 0 fully saturated rings. The van der Waals surface area contributed by atoms with Crippen molar-refractivity contribution in [3.63, 3.8) is 0 Å². The molecule has 0 aliphatic carbocycles. The molecule has 0 amide bonds. The summed E-state index contributed by atoms with van der Waals surface area (Å²) in [5.74, 6) is 0. The first-order valence-corrected chi connectivity index (χ1v) is 5.54. The monoisotopic (exact) mass is 223 g/mol. The summed E-state index contributed by atoms with van der Waals surface area (Å²) in [5, 5.41) is 12.1. The maximum absolute atomic E-state index is 8.81. The first-order chi connectivity index (χ1) is 7.56. The lowest BCUT2D eigenvalue weighted by molar-refractivity contribution is 0.260. The molecule has 1 aromatic heterocycles. The van der Waals surface area contributed by atoms with Gasteiger partial charge in [0.05, 0.1) is 6.61 Å². The highest BCUT2D eigenvalue weighted by Crippen LogP contribution is 2.20. The van der Waals surface area contributed by atoms with Crippen molar-refractivity contribution in [3.05, 3.63) is 30.1 Å². The highest BCUT2D eigenvalue weighted by atomic mass is 16.3. The molecule has 0 aliphatic heterocycles. The number of rotatable bonds is 6. The Kier molecular flexibility index (Phi) is 4.86. The van der Waals surface area contributed by atoms with Crippen LogP contribution in [0.2, 0.25) is 0 Å². The van der Waals surface area contributed by atoms with Crippen LogP contribution in [0.25, 0.3) is 0 Å². The molecule has 90 valence electrons. The Morgan fingerprint density at radius 3 is 2.62 bits per heavy atom. The minimum atomic E-state index is -0.187. The smallest absolute Gasteiger partial charge is 0.0594 e. The zero-order chi connectivity index (χ0) is 12.0. The van der Waals surface area contributed by atoms with Crippen LogP contribution in [0.15, 0.2) is 24.5 Å². The van der Waals surface area contributed by atoms with Crippen LogP contribution in [0.3, 0.4) is 0 Å². The molecule has 0 aliphatic rings. The van der Waals surface area contributed by atoms with Gasteiger partial charge in [0, 0.05) is 36.9 Å². The van der Waals surface area contributed by atoms with Gasteiger partial charge in [-0.1, -0.05) is 13.8 Å². The summed E-state index contributed by atoms with van der Waals surface area (Å²) in [6.45, 7) is 5.80. The van der Waals surface area contributed by atoms with Crippen LogP contribution in [-0.4, -0.2) is 35.8 Å². The lowest BCUT2D eigenvalue weighted by atomic mass is 9.85. The van der Waals surface area contributed by atoms with Gasteiger partial charge < -0.3 is 16.2 Å². The molecule has 1 aromatic rings. The fraction of sp³-hybridized carbons (Fsp3) is 0.583. The molecule has 1 unspecified atom stereocenters. The molecule has 4 heteroatoms. The number of aliphatic hydroxyl groups is 1.